The monoisotopic (exact) mass is 432 g/mol. The fourth-order valence-electron chi connectivity index (χ4n) is 3.30. The van der Waals surface area contributed by atoms with E-state index in [9.17, 15) is 13.6 Å². The summed E-state index contributed by atoms with van der Waals surface area (Å²) in [6.45, 7) is 10.5. The Morgan fingerprint density at radius 2 is 1.83 bits per heavy atom. The fraction of sp³-hybridized carbons (Fsp3) is 0.348. The lowest BCUT2D eigenvalue weighted by Crippen LogP contribution is -2.40. The summed E-state index contributed by atoms with van der Waals surface area (Å²) in [5, 5.41) is 2.96. The van der Waals surface area contributed by atoms with E-state index in [1.165, 1.54) is 6.07 Å². The number of hydrogen-bond donors (Lipinski definition) is 1. The average Bonchev–Trinajstić information content (AvgIpc) is 2.65. The predicted octanol–water partition coefficient (Wildman–Crippen LogP) is 4.45. The number of carbonyl (C=O) groups excluding carboxylic acids is 1. The van der Waals surface area contributed by atoms with Crippen molar-refractivity contribution in [3.05, 3.63) is 71.8 Å². The van der Waals surface area contributed by atoms with E-state index >= 15 is 0 Å². The zero-order chi connectivity index (χ0) is 22.5. The Bertz CT molecular complexity index is 895. The minimum Gasteiger partial charge on any atom is -0.380 e. The molecule has 4 nitrogen and oxygen atoms in total. The van der Waals surface area contributed by atoms with Crippen LogP contribution in [0.5, 0.6) is 0 Å². The molecule has 0 fully saturated rings. The van der Waals surface area contributed by atoms with Gasteiger partial charge in [0.2, 0.25) is 5.91 Å². The number of likely N-dealkylation sites (N-methyl/N-ethyl adjacent to an activating group) is 1. The Balaban J connectivity index is 2.35. The molecule has 2 aromatic rings. The van der Waals surface area contributed by atoms with E-state index in [0.29, 0.717) is 18.3 Å². The van der Waals surface area contributed by atoms with Gasteiger partial charge in [-0.1, -0.05) is 50.0 Å². The van der Waals surface area contributed by atoms with Gasteiger partial charge < -0.3 is 10.1 Å². The molecule has 7 heteroatoms. The van der Waals surface area contributed by atoms with Crippen molar-refractivity contribution in [2.75, 3.05) is 26.0 Å². The van der Waals surface area contributed by atoms with Crippen molar-refractivity contribution in [3.8, 4) is 0 Å². The van der Waals surface area contributed by atoms with Crippen LogP contribution in [-0.2, 0) is 16.1 Å². The van der Waals surface area contributed by atoms with Gasteiger partial charge >= 0.3 is 0 Å². The van der Waals surface area contributed by atoms with E-state index in [1.807, 2.05) is 43.9 Å². The fourth-order valence-corrected chi connectivity index (χ4v) is 4.64. The molecule has 2 aromatic carbocycles. The third kappa shape index (κ3) is 5.84. The molecule has 0 bridgehead atoms. The largest absolute Gasteiger partial charge is 0.380 e. The third-order valence-corrected chi connectivity index (χ3v) is 6.83. The highest BCUT2D eigenvalue weighted by atomic mass is 28.3. The van der Waals surface area contributed by atoms with Gasteiger partial charge in [-0.25, -0.2) is 8.78 Å². The van der Waals surface area contributed by atoms with Crippen LogP contribution in [0.2, 0.25) is 19.6 Å². The Morgan fingerprint density at radius 3 is 2.37 bits per heavy atom. The van der Waals surface area contributed by atoms with Gasteiger partial charge in [0, 0.05) is 19.7 Å². The van der Waals surface area contributed by atoms with Crippen LogP contribution < -0.4 is 10.5 Å². The summed E-state index contributed by atoms with van der Waals surface area (Å²) >= 11 is 0. The first kappa shape index (κ1) is 23.9. The number of carbonyl (C=O) groups is 1. The number of amides is 1. The van der Waals surface area contributed by atoms with E-state index in [1.54, 1.807) is 25.1 Å². The van der Waals surface area contributed by atoms with Gasteiger partial charge in [-0.15, -0.1) is 6.58 Å². The van der Waals surface area contributed by atoms with Gasteiger partial charge in [-0.2, -0.15) is 0 Å². The Hall–Kier alpha value is -2.35. The lowest BCUT2D eigenvalue weighted by atomic mass is 10.0. The SMILES string of the molecule is C=CCN(C)C(C(=O)Nc1cc(F)c([Si](C)(C)C)cc1F)c1ccc(COC)cc1. The molecule has 1 unspecified atom stereocenters. The number of nitrogens with one attached hydrogen (secondary N) is 1. The average molecular weight is 433 g/mol. The van der Waals surface area contributed by atoms with Crippen molar-refractivity contribution in [3.63, 3.8) is 0 Å². The first-order valence-electron chi connectivity index (χ1n) is 9.77. The van der Waals surface area contributed by atoms with Crippen molar-refractivity contribution in [1.29, 1.82) is 0 Å². The molecule has 0 spiro atoms. The number of methoxy groups -OCH3 is 1. The maximum atomic E-state index is 14.7. The lowest BCUT2D eigenvalue weighted by molar-refractivity contribution is -0.120. The maximum absolute atomic E-state index is 14.7. The topological polar surface area (TPSA) is 41.6 Å². The summed E-state index contributed by atoms with van der Waals surface area (Å²) in [5.41, 5.74) is 1.55. The molecular formula is C23H30F2N2O2Si. The number of hydrogen-bond acceptors (Lipinski definition) is 3. The van der Waals surface area contributed by atoms with E-state index in [4.69, 9.17) is 4.74 Å². The molecule has 1 amide bonds. The molecule has 2 rings (SSSR count). The molecular weight excluding hydrogens is 402 g/mol. The van der Waals surface area contributed by atoms with Crippen LogP contribution in [0.4, 0.5) is 14.5 Å². The Kier molecular flexibility index (Phi) is 8.06. The summed E-state index contributed by atoms with van der Waals surface area (Å²) in [5.74, 6) is -1.58. The van der Waals surface area contributed by atoms with Gasteiger partial charge in [0.05, 0.1) is 20.4 Å². The first-order chi connectivity index (χ1) is 14.1. The number of nitrogens with zero attached hydrogens (tertiary/aromatic N) is 1. The van der Waals surface area contributed by atoms with Gasteiger partial charge in [0.1, 0.15) is 17.7 Å². The second-order valence-electron chi connectivity index (χ2n) is 8.36. The number of rotatable bonds is 9. The standard InChI is InChI=1S/C23H30F2N2O2Si/c1-7-12-27(2)22(17-10-8-16(9-11-17)15-29-3)23(28)26-20-13-19(25)21(14-18(20)24)30(4,5)6/h7-11,13-14,22H,1,12,15H2,2-6H3,(H,26,28). The minimum atomic E-state index is -2.04. The maximum Gasteiger partial charge on any atom is 0.246 e. The molecule has 0 saturated heterocycles. The smallest absolute Gasteiger partial charge is 0.246 e. The molecule has 30 heavy (non-hydrogen) atoms. The highest BCUT2D eigenvalue weighted by molar-refractivity contribution is 6.88. The minimum absolute atomic E-state index is 0.160. The van der Waals surface area contributed by atoms with E-state index in [2.05, 4.69) is 11.9 Å². The quantitative estimate of drug-likeness (QED) is 0.470. The third-order valence-electron chi connectivity index (χ3n) is 4.84. The van der Waals surface area contributed by atoms with Gasteiger partial charge in [-0.05, 0) is 29.4 Å². The van der Waals surface area contributed by atoms with Crippen LogP contribution in [-0.4, -0.2) is 39.6 Å². The molecule has 0 heterocycles. The number of halogens is 2. The molecule has 1 atom stereocenters. The normalized spacial score (nSPS) is 12.7. The predicted molar refractivity (Wildman–Crippen MR) is 121 cm³/mol. The summed E-state index contributed by atoms with van der Waals surface area (Å²) in [6, 6.07) is 9.02. The summed E-state index contributed by atoms with van der Waals surface area (Å²) in [7, 11) is 1.35. The molecule has 0 aliphatic rings. The molecule has 0 radical (unpaired) electrons. The van der Waals surface area contributed by atoms with Crippen molar-refractivity contribution >= 4 is 24.9 Å². The van der Waals surface area contributed by atoms with Crippen LogP contribution in [0.1, 0.15) is 17.2 Å². The molecule has 1 N–H and O–H groups in total. The second kappa shape index (κ2) is 10.1. The molecule has 0 saturated carbocycles. The molecule has 0 aromatic heterocycles. The number of anilines is 1. The second-order valence-corrected chi connectivity index (χ2v) is 13.4. The Labute approximate surface area is 178 Å². The van der Waals surface area contributed by atoms with Crippen LogP contribution in [0, 0.1) is 11.6 Å². The van der Waals surface area contributed by atoms with Crippen molar-refractivity contribution in [1.82, 2.24) is 4.90 Å². The van der Waals surface area contributed by atoms with Crippen LogP contribution in [0.15, 0.2) is 49.1 Å². The van der Waals surface area contributed by atoms with Gasteiger partial charge in [-0.3, -0.25) is 9.69 Å². The van der Waals surface area contributed by atoms with Gasteiger partial charge in [0.25, 0.3) is 0 Å². The van der Waals surface area contributed by atoms with Gasteiger partial charge in [0.15, 0.2) is 0 Å². The number of ether oxygens (including phenoxy) is 1. The lowest BCUT2D eigenvalue weighted by Gasteiger charge is -2.27. The van der Waals surface area contributed by atoms with Crippen LogP contribution in [0.25, 0.3) is 0 Å². The molecule has 0 aliphatic heterocycles. The zero-order valence-electron chi connectivity index (χ0n) is 18.3. The number of benzene rings is 2. The van der Waals surface area contributed by atoms with E-state index < -0.39 is 31.7 Å². The summed E-state index contributed by atoms with van der Waals surface area (Å²) in [6.07, 6.45) is 1.68. The molecule has 162 valence electrons. The van der Waals surface area contributed by atoms with E-state index in [-0.39, 0.29) is 5.69 Å². The van der Waals surface area contributed by atoms with Crippen LogP contribution >= 0.6 is 0 Å². The summed E-state index contributed by atoms with van der Waals surface area (Å²) in [4.78, 5) is 14.9. The zero-order valence-corrected chi connectivity index (χ0v) is 19.3. The van der Waals surface area contributed by atoms with Crippen molar-refractivity contribution < 1.29 is 18.3 Å². The highest BCUT2D eigenvalue weighted by Crippen LogP contribution is 2.24. The Morgan fingerprint density at radius 1 is 1.20 bits per heavy atom. The highest BCUT2D eigenvalue weighted by Gasteiger charge is 2.27. The van der Waals surface area contributed by atoms with Crippen molar-refractivity contribution in [2.24, 2.45) is 0 Å². The summed E-state index contributed by atoms with van der Waals surface area (Å²) < 4.78 is 34.4. The van der Waals surface area contributed by atoms with E-state index in [0.717, 1.165) is 17.2 Å². The first-order valence-corrected chi connectivity index (χ1v) is 13.3. The van der Waals surface area contributed by atoms with Crippen molar-refractivity contribution in [2.45, 2.75) is 32.3 Å². The molecule has 0 aliphatic carbocycles. The van der Waals surface area contributed by atoms with Crippen LogP contribution in [0.3, 0.4) is 0 Å².